The van der Waals surface area contributed by atoms with Crippen LogP contribution in [0.25, 0.3) is 0 Å². The number of hydrogen-bond donors (Lipinski definition) is 2. The summed E-state index contributed by atoms with van der Waals surface area (Å²) >= 11 is 0. The zero-order valence-electron chi connectivity index (χ0n) is 16.1. The second-order valence-electron chi connectivity index (χ2n) is 9.24. The van der Waals surface area contributed by atoms with Crippen LogP contribution in [0.5, 0.6) is 0 Å². The Kier molecular flexibility index (Phi) is 4.88. The Morgan fingerprint density at radius 3 is 2.52 bits per heavy atom. The molecule has 1 saturated heterocycles. The summed E-state index contributed by atoms with van der Waals surface area (Å²) in [5.74, 6) is -1.21. The van der Waals surface area contributed by atoms with Crippen molar-refractivity contribution in [3.05, 3.63) is 12.7 Å². The van der Waals surface area contributed by atoms with Crippen LogP contribution in [0.2, 0.25) is 0 Å². The second kappa shape index (κ2) is 6.11. The maximum absolute atomic E-state index is 12.3. The number of aliphatic carboxylic acids is 1. The molecule has 1 aliphatic heterocycles. The van der Waals surface area contributed by atoms with Crippen molar-refractivity contribution in [2.45, 2.75) is 77.9 Å². The highest BCUT2D eigenvalue weighted by Crippen LogP contribution is 2.62. The highest BCUT2D eigenvalue weighted by molar-refractivity contribution is 5.76. The molecule has 2 N–H and O–H groups in total. The van der Waals surface area contributed by atoms with Crippen LogP contribution in [-0.2, 0) is 14.3 Å². The van der Waals surface area contributed by atoms with E-state index in [1.54, 1.807) is 20.8 Å². The highest BCUT2D eigenvalue weighted by Gasteiger charge is 2.63. The average Bonchev–Trinajstić information content (AvgIpc) is 2.44. The average molecular weight is 352 g/mol. The summed E-state index contributed by atoms with van der Waals surface area (Å²) in [6, 6.07) is 0. The van der Waals surface area contributed by atoms with E-state index in [9.17, 15) is 19.8 Å². The monoisotopic (exact) mass is 352 g/mol. The van der Waals surface area contributed by atoms with Crippen molar-refractivity contribution in [2.24, 2.45) is 22.7 Å². The molecule has 2 bridgehead atoms. The molecule has 1 heterocycles. The third-order valence-corrected chi connectivity index (χ3v) is 6.93. The second-order valence-corrected chi connectivity index (χ2v) is 9.24. The summed E-state index contributed by atoms with van der Waals surface area (Å²) in [5.41, 5.74) is -2.99. The molecular formula is C20H32O5. The van der Waals surface area contributed by atoms with E-state index in [0.717, 1.165) is 0 Å². The lowest BCUT2D eigenvalue weighted by Gasteiger charge is -2.61. The van der Waals surface area contributed by atoms with E-state index in [4.69, 9.17) is 4.74 Å². The molecule has 0 aromatic carbocycles. The van der Waals surface area contributed by atoms with Crippen LogP contribution < -0.4 is 0 Å². The molecule has 1 saturated carbocycles. The molecule has 0 aromatic heterocycles. The fourth-order valence-corrected chi connectivity index (χ4v) is 5.36. The number of carboxylic acid groups (broad SMARTS) is 1. The Bertz CT molecular complexity index is 579. The number of ether oxygens (including phenoxy) is 1. The largest absolute Gasteiger partial charge is 0.481 e. The van der Waals surface area contributed by atoms with Gasteiger partial charge in [0.1, 0.15) is 5.60 Å². The molecule has 0 radical (unpaired) electrons. The Balaban J connectivity index is 2.43. The lowest BCUT2D eigenvalue weighted by atomic mass is 9.47. The van der Waals surface area contributed by atoms with Gasteiger partial charge in [0.25, 0.3) is 0 Å². The first-order valence-electron chi connectivity index (χ1n) is 9.10. The minimum atomic E-state index is -0.986. The van der Waals surface area contributed by atoms with Gasteiger partial charge in [0.05, 0.1) is 17.4 Å². The van der Waals surface area contributed by atoms with Gasteiger partial charge in [-0.25, -0.2) is 0 Å². The quantitative estimate of drug-likeness (QED) is 0.564. The first-order chi connectivity index (χ1) is 11.3. The molecule has 5 heteroatoms. The molecule has 2 fully saturated rings. The highest BCUT2D eigenvalue weighted by atomic mass is 16.6. The first-order valence-corrected chi connectivity index (χ1v) is 9.10. The number of carboxylic acids is 1. The van der Waals surface area contributed by atoms with Crippen LogP contribution in [0.3, 0.4) is 0 Å². The zero-order valence-corrected chi connectivity index (χ0v) is 16.1. The molecule has 0 unspecified atom stereocenters. The van der Waals surface area contributed by atoms with Crippen molar-refractivity contribution < 1.29 is 24.5 Å². The molecule has 2 aliphatic rings. The standard InChI is InChI=1S/C20H32O5/c1-7-18(4,24)10-8-14-19(5)12-15(21)25-20(14,6)11-9-13(19)17(2,3)16(22)23/h7,13-14,24H,1,8-12H2,2-6H3,(H,22,23)/t13-,14+,18+,19-,20+/m1/s1. The Morgan fingerprint density at radius 1 is 1.40 bits per heavy atom. The van der Waals surface area contributed by atoms with Gasteiger partial charge >= 0.3 is 11.9 Å². The van der Waals surface area contributed by atoms with Gasteiger partial charge in [-0.05, 0) is 64.7 Å². The molecule has 0 amide bonds. The van der Waals surface area contributed by atoms with E-state index in [-0.39, 0.29) is 24.2 Å². The van der Waals surface area contributed by atoms with E-state index in [0.29, 0.717) is 25.7 Å². The van der Waals surface area contributed by atoms with Crippen LogP contribution in [0.15, 0.2) is 12.7 Å². The van der Waals surface area contributed by atoms with Gasteiger partial charge in [-0.15, -0.1) is 6.58 Å². The number of rotatable bonds is 6. The number of fused-ring (bicyclic) bond motifs is 2. The lowest BCUT2D eigenvalue weighted by molar-refractivity contribution is -0.227. The number of aliphatic hydroxyl groups is 1. The fourth-order valence-electron chi connectivity index (χ4n) is 5.36. The van der Waals surface area contributed by atoms with Gasteiger partial charge in [-0.1, -0.05) is 13.0 Å². The van der Waals surface area contributed by atoms with Crippen LogP contribution >= 0.6 is 0 Å². The van der Waals surface area contributed by atoms with Crippen molar-refractivity contribution in [3.8, 4) is 0 Å². The van der Waals surface area contributed by atoms with Crippen molar-refractivity contribution >= 4 is 11.9 Å². The first kappa shape index (κ1) is 20.0. The number of carbonyl (C=O) groups excluding carboxylic acids is 1. The van der Waals surface area contributed by atoms with Crippen LogP contribution in [0.4, 0.5) is 0 Å². The molecule has 0 aromatic rings. The van der Waals surface area contributed by atoms with E-state index in [1.807, 2.05) is 13.8 Å². The van der Waals surface area contributed by atoms with Crippen molar-refractivity contribution in [2.75, 3.05) is 0 Å². The molecule has 1 aliphatic carbocycles. The van der Waals surface area contributed by atoms with Gasteiger partial charge < -0.3 is 14.9 Å². The van der Waals surface area contributed by atoms with E-state index in [1.165, 1.54) is 6.08 Å². The van der Waals surface area contributed by atoms with E-state index >= 15 is 0 Å². The van der Waals surface area contributed by atoms with Crippen LogP contribution in [0, 0.1) is 22.7 Å². The van der Waals surface area contributed by atoms with Gasteiger partial charge in [0.2, 0.25) is 0 Å². The number of hydrogen-bond acceptors (Lipinski definition) is 4. The maximum atomic E-state index is 12.3. The predicted octanol–water partition coefficient (Wildman–Crippen LogP) is 3.55. The van der Waals surface area contributed by atoms with Crippen LogP contribution in [-0.4, -0.2) is 33.4 Å². The van der Waals surface area contributed by atoms with Crippen LogP contribution in [0.1, 0.15) is 66.7 Å². The van der Waals surface area contributed by atoms with E-state index < -0.39 is 28.0 Å². The molecular weight excluding hydrogens is 320 g/mol. The normalized spacial score (nSPS) is 37.8. The number of esters is 1. The van der Waals surface area contributed by atoms with Gasteiger partial charge in [-0.3, -0.25) is 9.59 Å². The number of carbonyl (C=O) groups is 2. The summed E-state index contributed by atoms with van der Waals surface area (Å²) < 4.78 is 5.75. The summed E-state index contributed by atoms with van der Waals surface area (Å²) in [6.07, 6.45) is 4.28. The fraction of sp³-hybridized carbons (Fsp3) is 0.800. The van der Waals surface area contributed by atoms with Gasteiger partial charge in [0, 0.05) is 5.92 Å². The summed E-state index contributed by atoms with van der Waals surface area (Å²) in [4.78, 5) is 24.2. The Labute approximate surface area is 150 Å². The van der Waals surface area contributed by atoms with Gasteiger partial charge in [-0.2, -0.15) is 0 Å². The minimum Gasteiger partial charge on any atom is -0.481 e. The summed E-state index contributed by atoms with van der Waals surface area (Å²) in [7, 11) is 0. The van der Waals surface area contributed by atoms with Crippen molar-refractivity contribution in [3.63, 3.8) is 0 Å². The smallest absolute Gasteiger partial charge is 0.309 e. The predicted molar refractivity (Wildman–Crippen MR) is 94.9 cm³/mol. The molecule has 142 valence electrons. The summed E-state index contributed by atoms with van der Waals surface area (Å²) in [6.45, 7) is 12.9. The molecule has 0 spiro atoms. The van der Waals surface area contributed by atoms with Gasteiger partial charge in [0.15, 0.2) is 0 Å². The molecule has 5 nitrogen and oxygen atoms in total. The van der Waals surface area contributed by atoms with E-state index in [2.05, 4.69) is 6.58 Å². The molecule has 25 heavy (non-hydrogen) atoms. The zero-order chi connectivity index (χ0) is 19.3. The SMILES string of the molecule is C=C[C@](C)(O)CC[C@H]1[C@]2(C)CC(=O)O[C@@]1(C)CC[C@@H]2C(C)(C)C(=O)O. The molecule has 5 atom stereocenters. The van der Waals surface area contributed by atoms with Crippen molar-refractivity contribution in [1.82, 2.24) is 0 Å². The Hall–Kier alpha value is -1.36. The maximum Gasteiger partial charge on any atom is 0.309 e. The molecule has 2 rings (SSSR count). The Morgan fingerprint density at radius 2 is 2.00 bits per heavy atom. The topological polar surface area (TPSA) is 83.8 Å². The van der Waals surface area contributed by atoms with Crippen molar-refractivity contribution in [1.29, 1.82) is 0 Å². The third-order valence-electron chi connectivity index (χ3n) is 6.93. The minimum absolute atomic E-state index is 0.00139. The lowest BCUT2D eigenvalue weighted by Crippen LogP contribution is -2.62. The summed E-state index contributed by atoms with van der Waals surface area (Å²) in [5, 5.41) is 20.1. The third kappa shape index (κ3) is 3.35.